The highest BCUT2D eigenvalue weighted by Crippen LogP contribution is 2.41. The third-order valence-corrected chi connectivity index (χ3v) is 3.54. The number of benzene rings is 2. The molecule has 0 aromatic heterocycles. The molecule has 22 heavy (non-hydrogen) atoms. The van der Waals surface area contributed by atoms with E-state index in [4.69, 9.17) is 11.5 Å². The second-order valence-corrected chi connectivity index (χ2v) is 4.69. The van der Waals surface area contributed by atoms with Gasteiger partial charge in [-0.2, -0.15) is 0 Å². The minimum atomic E-state index is -0.686. The van der Waals surface area contributed by atoms with Gasteiger partial charge in [-0.3, -0.25) is 9.59 Å². The van der Waals surface area contributed by atoms with Crippen LogP contribution in [0, 0.1) is 9.81 Å². The molecule has 0 atom stereocenters. The molecular formula is C14H8N4O4. The summed E-state index contributed by atoms with van der Waals surface area (Å²) >= 11 is 0. The standard InChI is InChI=1S/C14H8N4O4/c15-5-1-3-7(17-21)11-9(5)13(19)12-8(18-22)4-2-6(16)10(12)14(11)20/h1-4H,15-16H2. The number of fused-ring (bicyclic) bond motifs is 2. The van der Waals surface area contributed by atoms with Crippen molar-refractivity contribution in [1.82, 2.24) is 0 Å². The molecule has 2 aromatic rings. The molecule has 0 aliphatic heterocycles. The maximum absolute atomic E-state index is 12.6. The normalized spacial score (nSPS) is 12.5. The van der Waals surface area contributed by atoms with Gasteiger partial charge in [0, 0.05) is 11.4 Å². The number of ketones is 2. The van der Waals surface area contributed by atoms with Gasteiger partial charge in [-0.05, 0) is 34.6 Å². The van der Waals surface area contributed by atoms with Crippen LogP contribution in [-0.2, 0) is 0 Å². The number of hydrogen-bond donors (Lipinski definition) is 2. The van der Waals surface area contributed by atoms with Gasteiger partial charge in [0.2, 0.25) is 0 Å². The first-order valence-electron chi connectivity index (χ1n) is 6.12. The molecule has 8 heteroatoms. The Morgan fingerprint density at radius 1 is 0.636 bits per heavy atom. The molecule has 0 saturated heterocycles. The Kier molecular flexibility index (Phi) is 2.81. The number of nitroso groups, excluding NO2 is 2. The summed E-state index contributed by atoms with van der Waals surface area (Å²) in [5, 5.41) is 5.50. The van der Waals surface area contributed by atoms with Crippen molar-refractivity contribution in [2.45, 2.75) is 0 Å². The minimum absolute atomic E-state index is 0.00525. The third kappa shape index (κ3) is 1.57. The average Bonchev–Trinajstić information content (AvgIpc) is 2.52. The number of nitrogens with two attached hydrogens (primary N) is 2. The first-order valence-corrected chi connectivity index (χ1v) is 6.12. The molecule has 0 heterocycles. The van der Waals surface area contributed by atoms with E-state index in [1.807, 2.05) is 0 Å². The highest BCUT2D eigenvalue weighted by atomic mass is 16.3. The fourth-order valence-corrected chi connectivity index (χ4v) is 2.57. The van der Waals surface area contributed by atoms with Gasteiger partial charge in [0.25, 0.3) is 0 Å². The predicted octanol–water partition coefficient (Wildman–Crippen LogP) is 2.42. The van der Waals surface area contributed by atoms with E-state index in [0.717, 1.165) is 0 Å². The third-order valence-electron chi connectivity index (χ3n) is 3.54. The van der Waals surface area contributed by atoms with Crippen molar-refractivity contribution in [3.63, 3.8) is 0 Å². The SMILES string of the molecule is Nc1ccc(N=O)c2c1C(=O)c1c(N=O)ccc(N)c1C2=O. The molecule has 0 saturated carbocycles. The second-order valence-electron chi connectivity index (χ2n) is 4.69. The summed E-state index contributed by atoms with van der Waals surface area (Å²) in [6.07, 6.45) is 0. The largest absolute Gasteiger partial charge is 0.398 e. The zero-order valence-electron chi connectivity index (χ0n) is 11.0. The molecule has 108 valence electrons. The Hall–Kier alpha value is -3.42. The van der Waals surface area contributed by atoms with Gasteiger partial charge in [0.15, 0.2) is 11.6 Å². The number of nitrogen functional groups attached to an aromatic ring is 2. The fourth-order valence-electron chi connectivity index (χ4n) is 2.57. The van der Waals surface area contributed by atoms with Crippen LogP contribution in [0.25, 0.3) is 0 Å². The van der Waals surface area contributed by atoms with Crippen LogP contribution in [0.3, 0.4) is 0 Å². The van der Waals surface area contributed by atoms with Gasteiger partial charge in [-0.25, -0.2) is 0 Å². The second kappa shape index (κ2) is 4.55. The Morgan fingerprint density at radius 2 is 1.00 bits per heavy atom. The van der Waals surface area contributed by atoms with Crippen LogP contribution >= 0.6 is 0 Å². The highest BCUT2D eigenvalue weighted by molar-refractivity contribution is 6.34. The summed E-state index contributed by atoms with van der Waals surface area (Å²) in [5.74, 6) is -1.37. The van der Waals surface area contributed by atoms with Crippen LogP contribution in [-0.4, -0.2) is 11.6 Å². The molecule has 0 amide bonds. The van der Waals surface area contributed by atoms with E-state index in [0.29, 0.717) is 0 Å². The van der Waals surface area contributed by atoms with E-state index in [2.05, 4.69) is 10.4 Å². The summed E-state index contributed by atoms with van der Waals surface area (Å²) in [6, 6.07) is 5.09. The van der Waals surface area contributed by atoms with Crippen LogP contribution in [0.2, 0.25) is 0 Å². The lowest BCUT2D eigenvalue weighted by atomic mass is 9.81. The lowest BCUT2D eigenvalue weighted by Crippen LogP contribution is -2.24. The maximum Gasteiger partial charge on any atom is 0.199 e. The van der Waals surface area contributed by atoms with E-state index in [1.165, 1.54) is 24.3 Å². The molecule has 0 spiro atoms. The fraction of sp³-hybridized carbons (Fsp3) is 0. The zero-order valence-corrected chi connectivity index (χ0v) is 11.0. The van der Waals surface area contributed by atoms with E-state index in [1.54, 1.807) is 0 Å². The Bertz CT molecular complexity index is 815. The molecule has 2 aromatic carbocycles. The predicted molar refractivity (Wildman–Crippen MR) is 79.5 cm³/mol. The van der Waals surface area contributed by atoms with Gasteiger partial charge >= 0.3 is 0 Å². The van der Waals surface area contributed by atoms with Crippen LogP contribution in [0.4, 0.5) is 22.7 Å². The molecule has 0 bridgehead atoms. The van der Waals surface area contributed by atoms with Crippen molar-refractivity contribution in [2.75, 3.05) is 11.5 Å². The number of hydrogen-bond acceptors (Lipinski definition) is 8. The summed E-state index contributed by atoms with van der Waals surface area (Å²) in [6.45, 7) is 0. The lowest BCUT2D eigenvalue weighted by molar-refractivity contribution is 0.0981. The quantitative estimate of drug-likeness (QED) is 0.548. The van der Waals surface area contributed by atoms with Gasteiger partial charge in [-0.15, -0.1) is 9.81 Å². The van der Waals surface area contributed by atoms with Crippen molar-refractivity contribution in [3.8, 4) is 0 Å². The van der Waals surface area contributed by atoms with Crippen molar-refractivity contribution >= 4 is 34.3 Å². The Morgan fingerprint density at radius 3 is 1.32 bits per heavy atom. The summed E-state index contributed by atoms with van der Waals surface area (Å²) < 4.78 is 0. The average molecular weight is 296 g/mol. The molecule has 3 rings (SSSR count). The molecular weight excluding hydrogens is 288 g/mol. The van der Waals surface area contributed by atoms with E-state index in [-0.39, 0.29) is 45.0 Å². The first kappa shape index (κ1) is 13.6. The molecule has 8 nitrogen and oxygen atoms in total. The molecule has 1 aliphatic carbocycles. The van der Waals surface area contributed by atoms with E-state index >= 15 is 0 Å². The van der Waals surface area contributed by atoms with E-state index in [9.17, 15) is 19.4 Å². The number of nitrogens with zero attached hydrogens (tertiary/aromatic N) is 2. The molecule has 0 fully saturated rings. The van der Waals surface area contributed by atoms with Crippen LogP contribution in [0.1, 0.15) is 31.8 Å². The summed E-state index contributed by atoms with van der Waals surface area (Å²) in [4.78, 5) is 47.1. The Balaban J connectivity index is 2.48. The van der Waals surface area contributed by atoms with Crippen LogP contribution < -0.4 is 11.5 Å². The number of anilines is 2. The van der Waals surface area contributed by atoms with Gasteiger partial charge in [0.1, 0.15) is 11.4 Å². The Labute approximate surface area is 123 Å². The van der Waals surface area contributed by atoms with Crippen molar-refractivity contribution < 1.29 is 9.59 Å². The smallest absolute Gasteiger partial charge is 0.199 e. The van der Waals surface area contributed by atoms with Crippen LogP contribution in [0.5, 0.6) is 0 Å². The van der Waals surface area contributed by atoms with Crippen molar-refractivity contribution in [1.29, 1.82) is 0 Å². The summed E-state index contributed by atoms with van der Waals surface area (Å²) in [7, 11) is 0. The first-order chi connectivity index (χ1) is 10.5. The lowest BCUT2D eigenvalue weighted by Gasteiger charge is -2.21. The van der Waals surface area contributed by atoms with Gasteiger partial charge in [-0.1, -0.05) is 0 Å². The van der Waals surface area contributed by atoms with Gasteiger partial charge < -0.3 is 11.5 Å². The molecule has 0 unspecified atom stereocenters. The molecule has 0 radical (unpaired) electrons. The van der Waals surface area contributed by atoms with Crippen molar-refractivity contribution in [2.24, 2.45) is 10.4 Å². The monoisotopic (exact) mass is 296 g/mol. The molecule has 1 aliphatic rings. The van der Waals surface area contributed by atoms with Crippen LogP contribution in [0.15, 0.2) is 34.6 Å². The number of carbonyl (C=O) groups excluding carboxylic acids is 2. The minimum Gasteiger partial charge on any atom is -0.398 e. The number of carbonyl (C=O) groups is 2. The zero-order chi connectivity index (χ0) is 16.0. The van der Waals surface area contributed by atoms with Crippen molar-refractivity contribution in [3.05, 3.63) is 56.3 Å². The highest BCUT2D eigenvalue weighted by Gasteiger charge is 2.37. The topological polar surface area (TPSA) is 145 Å². The number of rotatable bonds is 2. The molecule has 4 N–H and O–H groups in total. The van der Waals surface area contributed by atoms with E-state index < -0.39 is 11.6 Å². The maximum atomic E-state index is 12.6. The summed E-state index contributed by atoms with van der Waals surface area (Å²) in [5.41, 5.74) is 10.3. The van der Waals surface area contributed by atoms with Gasteiger partial charge in [0.05, 0.1) is 22.3 Å².